The van der Waals surface area contributed by atoms with Gasteiger partial charge in [0.15, 0.2) is 11.5 Å². The lowest BCUT2D eigenvalue weighted by molar-refractivity contribution is -0.121. The molecule has 40 heavy (non-hydrogen) atoms. The minimum absolute atomic E-state index is 0.0156. The van der Waals surface area contributed by atoms with Crippen molar-refractivity contribution in [2.45, 2.75) is 25.7 Å². The largest absolute Gasteiger partial charge is 0.506 e. The molecule has 2 aromatic heterocycles. The van der Waals surface area contributed by atoms with Crippen molar-refractivity contribution in [2.24, 2.45) is 0 Å². The maximum absolute atomic E-state index is 13.2. The van der Waals surface area contributed by atoms with Crippen LogP contribution in [-0.4, -0.2) is 54.0 Å². The molecule has 11 heteroatoms. The molecule has 0 radical (unpaired) electrons. The summed E-state index contributed by atoms with van der Waals surface area (Å²) in [6, 6.07) is 11.1. The van der Waals surface area contributed by atoms with E-state index in [0.717, 1.165) is 22.7 Å². The van der Waals surface area contributed by atoms with Gasteiger partial charge in [0, 0.05) is 42.2 Å². The van der Waals surface area contributed by atoms with E-state index in [0.29, 0.717) is 35.8 Å². The SMILES string of the molecule is CCOC(=O)c1c[nH]c(=O)c([C@H](CC(=O)NCCc2c[nH]c3ccccc23)c2cc(OC)c3c(c2)OCO3)c1O. The molecular formula is C29H29N3O8. The molecular weight excluding hydrogens is 518 g/mol. The Kier molecular flexibility index (Phi) is 7.63. The van der Waals surface area contributed by atoms with E-state index in [1.807, 2.05) is 30.5 Å². The van der Waals surface area contributed by atoms with Crippen molar-refractivity contribution in [1.29, 1.82) is 0 Å². The predicted molar refractivity (Wildman–Crippen MR) is 145 cm³/mol. The number of pyridine rings is 1. The molecule has 11 nitrogen and oxygen atoms in total. The third kappa shape index (κ3) is 5.18. The van der Waals surface area contributed by atoms with Gasteiger partial charge in [0.1, 0.15) is 11.3 Å². The molecule has 0 bridgehead atoms. The summed E-state index contributed by atoms with van der Waals surface area (Å²) in [5, 5.41) is 15.1. The summed E-state index contributed by atoms with van der Waals surface area (Å²) >= 11 is 0. The molecule has 1 atom stereocenters. The Morgan fingerprint density at radius 1 is 1.15 bits per heavy atom. The number of methoxy groups -OCH3 is 1. The van der Waals surface area contributed by atoms with Gasteiger partial charge in [0.2, 0.25) is 18.4 Å². The standard InChI is InChI=1S/C29H29N3O8/c1-3-38-29(36)20-14-32-28(35)25(26(20)34)19(17-10-22(37-2)27-23(11-17)39-15-40-27)12-24(33)30-9-8-16-13-31-21-7-5-4-6-18(16)21/h4-7,10-11,13-14,19,31H,3,8-9,12,15H2,1-2H3,(H,30,33)(H2,32,34,35)/t19-/m1/s1. The minimum Gasteiger partial charge on any atom is -0.506 e. The number of fused-ring (bicyclic) bond motifs is 2. The maximum Gasteiger partial charge on any atom is 0.343 e. The van der Waals surface area contributed by atoms with Crippen LogP contribution in [0.2, 0.25) is 0 Å². The average molecular weight is 548 g/mol. The van der Waals surface area contributed by atoms with Crippen LogP contribution in [0.3, 0.4) is 0 Å². The zero-order chi connectivity index (χ0) is 28.2. The topological polar surface area (TPSA) is 152 Å². The normalized spacial score (nSPS) is 12.8. The average Bonchev–Trinajstić information content (AvgIpc) is 3.59. The monoisotopic (exact) mass is 547 g/mol. The number of esters is 1. The van der Waals surface area contributed by atoms with Crippen molar-refractivity contribution >= 4 is 22.8 Å². The number of hydrogen-bond donors (Lipinski definition) is 4. The number of aromatic hydroxyl groups is 1. The van der Waals surface area contributed by atoms with E-state index in [1.54, 1.807) is 19.1 Å². The number of carbonyl (C=O) groups is 2. The Hall–Kier alpha value is -4.93. The summed E-state index contributed by atoms with van der Waals surface area (Å²) in [5.74, 6) is -1.58. The quantitative estimate of drug-likeness (QED) is 0.221. The number of hydrogen-bond acceptors (Lipinski definition) is 8. The number of carbonyl (C=O) groups excluding carboxylic acids is 2. The molecule has 1 amide bonds. The van der Waals surface area contributed by atoms with E-state index in [-0.39, 0.29) is 36.9 Å². The molecule has 0 fully saturated rings. The Morgan fingerprint density at radius 2 is 1.98 bits per heavy atom. The third-order valence-corrected chi connectivity index (χ3v) is 6.81. The summed E-state index contributed by atoms with van der Waals surface area (Å²) in [7, 11) is 1.46. The van der Waals surface area contributed by atoms with Crippen LogP contribution in [-0.2, 0) is 16.0 Å². The predicted octanol–water partition coefficient (Wildman–Crippen LogP) is 3.36. The molecule has 0 aliphatic carbocycles. The second-order valence-electron chi connectivity index (χ2n) is 9.19. The molecule has 0 spiro atoms. The number of nitrogens with one attached hydrogen (secondary N) is 3. The van der Waals surface area contributed by atoms with Gasteiger partial charge in [-0.05, 0) is 42.7 Å². The van der Waals surface area contributed by atoms with Crippen LogP contribution in [0.1, 0.15) is 46.3 Å². The van der Waals surface area contributed by atoms with Gasteiger partial charge in [0.25, 0.3) is 5.56 Å². The first-order chi connectivity index (χ1) is 19.4. The third-order valence-electron chi connectivity index (χ3n) is 6.81. The Balaban J connectivity index is 1.46. The Bertz CT molecular complexity index is 1620. The van der Waals surface area contributed by atoms with Crippen LogP contribution in [0.4, 0.5) is 0 Å². The van der Waals surface area contributed by atoms with Gasteiger partial charge in [-0.1, -0.05) is 18.2 Å². The second kappa shape index (κ2) is 11.4. The van der Waals surface area contributed by atoms with Crippen molar-refractivity contribution in [3.8, 4) is 23.0 Å². The van der Waals surface area contributed by atoms with Crippen molar-refractivity contribution in [3.05, 3.63) is 81.4 Å². The molecule has 0 saturated carbocycles. The van der Waals surface area contributed by atoms with Crippen LogP contribution in [0.25, 0.3) is 10.9 Å². The number of benzene rings is 2. The molecule has 1 aliphatic rings. The van der Waals surface area contributed by atoms with E-state index in [2.05, 4.69) is 15.3 Å². The summed E-state index contributed by atoms with van der Waals surface area (Å²) in [4.78, 5) is 44.5. The number of aromatic nitrogens is 2. The summed E-state index contributed by atoms with van der Waals surface area (Å²) < 4.78 is 21.5. The van der Waals surface area contributed by atoms with Gasteiger partial charge in [-0.2, -0.15) is 0 Å². The highest BCUT2D eigenvalue weighted by Gasteiger charge is 2.31. The first-order valence-electron chi connectivity index (χ1n) is 12.8. The van der Waals surface area contributed by atoms with Crippen molar-refractivity contribution < 1.29 is 33.6 Å². The van der Waals surface area contributed by atoms with Gasteiger partial charge in [-0.3, -0.25) is 9.59 Å². The number of ether oxygens (including phenoxy) is 4. The van der Waals surface area contributed by atoms with E-state index in [4.69, 9.17) is 18.9 Å². The smallest absolute Gasteiger partial charge is 0.343 e. The molecule has 208 valence electrons. The lowest BCUT2D eigenvalue weighted by Gasteiger charge is -2.20. The van der Waals surface area contributed by atoms with Crippen LogP contribution in [0, 0.1) is 0 Å². The lowest BCUT2D eigenvalue weighted by atomic mass is 9.87. The van der Waals surface area contributed by atoms with E-state index in [9.17, 15) is 19.5 Å². The highest BCUT2D eigenvalue weighted by molar-refractivity contribution is 5.92. The molecule has 0 unspecified atom stereocenters. The fourth-order valence-electron chi connectivity index (χ4n) is 4.89. The van der Waals surface area contributed by atoms with Gasteiger partial charge >= 0.3 is 5.97 Å². The van der Waals surface area contributed by atoms with Crippen molar-refractivity contribution in [1.82, 2.24) is 15.3 Å². The zero-order valence-corrected chi connectivity index (χ0v) is 22.0. The second-order valence-corrected chi connectivity index (χ2v) is 9.19. The first-order valence-corrected chi connectivity index (χ1v) is 12.8. The lowest BCUT2D eigenvalue weighted by Crippen LogP contribution is -2.29. The van der Waals surface area contributed by atoms with E-state index < -0.39 is 23.2 Å². The van der Waals surface area contributed by atoms with Crippen LogP contribution >= 0.6 is 0 Å². The number of H-pyrrole nitrogens is 2. The van der Waals surface area contributed by atoms with Crippen molar-refractivity contribution in [2.75, 3.05) is 27.1 Å². The van der Waals surface area contributed by atoms with Gasteiger partial charge < -0.3 is 39.3 Å². The number of amides is 1. The van der Waals surface area contributed by atoms with Crippen LogP contribution in [0.5, 0.6) is 23.0 Å². The van der Waals surface area contributed by atoms with Gasteiger partial charge in [0.05, 0.1) is 19.3 Å². The van der Waals surface area contributed by atoms with Crippen LogP contribution < -0.4 is 25.1 Å². The minimum atomic E-state index is -0.963. The van der Waals surface area contributed by atoms with Crippen molar-refractivity contribution in [3.63, 3.8) is 0 Å². The molecule has 5 rings (SSSR count). The Labute approximate surface area is 229 Å². The molecule has 4 aromatic rings. The molecule has 3 heterocycles. The van der Waals surface area contributed by atoms with E-state index >= 15 is 0 Å². The maximum atomic E-state index is 13.2. The summed E-state index contributed by atoms with van der Waals surface area (Å²) in [6.45, 7) is 2.04. The fraction of sp³-hybridized carbons (Fsp3) is 0.276. The number of para-hydroxylation sites is 1. The van der Waals surface area contributed by atoms with Crippen LogP contribution in [0.15, 0.2) is 53.6 Å². The number of aromatic amines is 2. The molecule has 0 saturated heterocycles. The zero-order valence-electron chi connectivity index (χ0n) is 22.0. The van der Waals surface area contributed by atoms with E-state index in [1.165, 1.54) is 7.11 Å². The van der Waals surface area contributed by atoms with Gasteiger partial charge in [-0.25, -0.2) is 4.79 Å². The number of rotatable bonds is 10. The first kappa shape index (κ1) is 26.7. The molecule has 1 aliphatic heterocycles. The summed E-state index contributed by atoms with van der Waals surface area (Å²) in [6.07, 6.45) is 3.39. The van der Waals surface area contributed by atoms with Gasteiger partial charge in [-0.15, -0.1) is 0 Å². The Morgan fingerprint density at radius 3 is 2.77 bits per heavy atom. The molecule has 2 aromatic carbocycles. The summed E-state index contributed by atoms with van der Waals surface area (Å²) in [5.41, 5.74) is 1.50. The highest BCUT2D eigenvalue weighted by Crippen LogP contribution is 2.45. The highest BCUT2D eigenvalue weighted by atomic mass is 16.7. The molecule has 4 N–H and O–H groups in total. The fourth-order valence-corrected chi connectivity index (χ4v) is 4.89.